The van der Waals surface area contributed by atoms with Gasteiger partial charge in [-0.25, -0.2) is 14.8 Å². The molecule has 3 rings (SSSR count). The molecule has 2 heterocycles. The van der Waals surface area contributed by atoms with Crippen LogP contribution >= 0.6 is 0 Å². The Kier molecular flexibility index (Phi) is 9.70. The molecule has 0 radical (unpaired) electrons. The van der Waals surface area contributed by atoms with Crippen LogP contribution in [-0.2, 0) is 10.9 Å². The Hall–Kier alpha value is -3.06. The highest BCUT2D eigenvalue weighted by Crippen LogP contribution is 2.32. The number of hydrogen-bond donors (Lipinski definition) is 1. The number of anilines is 2. The van der Waals surface area contributed by atoms with Gasteiger partial charge >= 0.3 is 12.3 Å². The van der Waals surface area contributed by atoms with Crippen molar-refractivity contribution in [2.24, 2.45) is 0 Å². The molecular weight excluding hydrogens is 521 g/mol. The fraction of sp³-hybridized carbons (Fsp3) is 0.552. The zero-order chi connectivity index (χ0) is 28.8. The smallest absolute Gasteiger partial charge is 0.420 e. The van der Waals surface area contributed by atoms with Crippen LogP contribution in [0, 0.1) is 11.5 Å². The third-order valence-electron chi connectivity index (χ3n) is 7.36. The molecule has 10 heteroatoms. The van der Waals surface area contributed by atoms with Gasteiger partial charge in [-0.1, -0.05) is 38.8 Å². The number of piperidine rings is 1. The van der Waals surface area contributed by atoms with E-state index in [0.717, 1.165) is 42.7 Å². The third kappa shape index (κ3) is 8.21. The topological polar surface area (TPSA) is 67.4 Å². The number of hydrogen-bond acceptors (Lipinski definition) is 5. The summed E-state index contributed by atoms with van der Waals surface area (Å²) in [7, 11) is -1.96. The van der Waals surface area contributed by atoms with Crippen LogP contribution in [0.25, 0.3) is 0 Å². The van der Waals surface area contributed by atoms with Gasteiger partial charge in [0.2, 0.25) is 5.95 Å². The number of nitrogens with zero attached hydrogens (tertiary/aromatic N) is 3. The molecule has 1 aliphatic rings. The number of alkyl halides is 3. The van der Waals surface area contributed by atoms with E-state index in [1.54, 1.807) is 4.90 Å². The molecule has 1 N–H and O–H groups in total. The van der Waals surface area contributed by atoms with Crippen molar-refractivity contribution >= 4 is 25.8 Å². The van der Waals surface area contributed by atoms with E-state index in [1.807, 2.05) is 45.0 Å². The first kappa shape index (κ1) is 30.5. The van der Waals surface area contributed by atoms with Crippen molar-refractivity contribution in [1.82, 2.24) is 14.9 Å². The van der Waals surface area contributed by atoms with Crippen LogP contribution in [-0.4, -0.2) is 47.7 Å². The summed E-state index contributed by atoms with van der Waals surface area (Å²) in [6.07, 6.45) is -2.41. The van der Waals surface area contributed by atoms with Gasteiger partial charge in [0, 0.05) is 25.0 Å². The van der Waals surface area contributed by atoms with Crippen LogP contribution in [0.1, 0.15) is 77.1 Å². The third-order valence-corrected chi connectivity index (χ3v) is 12.1. The van der Waals surface area contributed by atoms with E-state index in [-0.39, 0.29) is 17.7 Å². The molecule has 0 aliphatic carbocycles. The highest BCUT2D eigenvalue weighted by atomic mass is 28.3. The Labute approximate surface area is 230 Å². The summed E-state index contributed by atoms with van der Waals surface area (Å²) in [5.41, 5.74) is 3.29. The molecule has 2 aromatic rings. The van der Waals surface area contributed by atoms with Gasteiger partial charge in [0.25, 0.3) is 0 Å². The van der Waals surface area contributed by atoms with Gasteiger partial charge in [-0.15, -0.1) is 5.54 Å². The molecule has 0 atom stereocenters. The van der Waals surface area contributed by atoms with E-state index < -0.39 is 25.4 Å². The monoisotopic (exact) mass is 560 g/mol. The fourth-order valence-electron chi connectivity index (χ4n) is 4.64. The summed E-state index contributed by atoms with van der Waals surface area (Å²) >= 11 is 0. The number of carbonyl (C=O) groups excluding carboxylic acids is 1. The zero-order valence-electron chi connectivity index (χ0n) is 23.7. The molecule has 0 unspecified atom stereocenters. The van der Waals surface area contributed by atoms with Gasteiger partial charge in [0.1, 0.15) is 24.9 Å². The van der Waals surface area contributed by atoms with Gasteiger partial charge in [0.05, 0.1) is 0 Å². The number of nitrogens with one attached hydrogen (secondary N) is 1. The van der Waals surface area contributed by atoms with Gasteiger partial charge in [-0.3, -0.25) is 0 Å². The minimum Gasteiger partial charge on any atom is -0.444 e. The van der Waals surface area contributed by atoms with Crippen molar-refractivity contribution in [3.63, 3.8) is 0 Å². The summed E-state index contributed by atoms with van der Waals surface area (Å²) in [5, 5.41) is 3.02. The van der Waals surface area contributed by atoms with Crippen molar-refractivity contribution in [2.75, 3.05) is 18.4 Å². The quantitative estimate of drug-likeness (QED) is 0.289. The highest BCUT2D eigenvalue weighted by molar-refractivity contribution is 6.87. The summed E-state index contributed by atoms with van der Waals surface area (Å²) in [5.74, 6) is 3.16. The molecule has 1 saturated heterocycles. The van der Waals surface area contributed by atoms with Crippen LogP contribution in [0.15, 0.2) is 30.5 Å². The minimum atomic E-state index is -4.59. The molecule has 39 heavy (non-hydrogen) atoms. The Morgan fingerprint density at radius 2 is 1.67 bits per heavy atom. The minimum absolute atomic E-state index is 0.0717. The first-order chi connectivity index (χ1) is 18.3. The van der Waals surface area contributed by atoms with E-state index in [1.165, 1.54) is 0 Å². The lowest BCUT2D eigenvalue weighted by Gasteiger charge is -2.33. The van der Waals surface area contributed by atoms with Crippen molar-refractivity contribution < 1.29 is 22.7 Å². The van der Waals surface area contributed by atoms with E-state index >= 15 is 0 Å². The van der Waals surface area contributed by atoms with Crippen LogP contribution in [0.3, 0.4) is 0 Å². The van der Waals surface area contributed by atoms with E-state index in [0.29, 0.717) is 24.7 Å². The lowest BCUT2D eigenvalue weighted by molar-refractivity contribution is -0.138. The molecular formula is C29H39F3N4O2Si. The molecule has 0 spiro atoms. The number of carbonyl (C=O) groups is 1. The van der Waals surface area contributed by atoms with Crippen molar-refractivity contribution in [1.29, 1.82) is 0 Å². The van der Waals surface area contributed by atoms with Gasteiger partial charge in [0.15, 0.2) is 0 Å². The van der Waals surface area contributed by atoms with Crippen LogP contribution in [0.4, 0.5) is 29.6 Å². The molecule has 1 amide bonds. The lowest BCUT2D eigenvalue weighted by Crippen LogP contribution is -2.41. The van der Waals surface area contributed by atoms with Crippen LogP contribution in [0.5, 0.6) is 0 Å². The molecule has 0 bridgehead atoms. The SMILES string of the molecule is CC[Si](C#Cc1nc(Nc2ccc(C3CCN(C(=O)OC(C)(C)C)CC3)cc2)ncc1C(F)(F)F)(CC)CC. The molecule has 1 fully saturated rings. The standard InChI is InChI=1S/C29H39F3N4O2Si/c1-7-39(8-2,9-3)19-16-25-24(29(30,31)32)20-33-26(35-25)34-23-12-10-21(11-13-23)22-14-17-36(18-15-22)27(37)38-28(4,5)6/h10-13,20,22H,7-9,14-15,17-18H2,1-6H3,(H,33,34,35). The van der Waals surface area contributed by atoms with E-state index in [2.05, 4.69) is 47.5 Å². The average Bonchev–Trinajstić information content (AvgIpc) is 2.89. The molecule has 6 nitrogen and oxygen atoms in total. The number of benzene rings is 1. The number of likely N-dealkylation sites (tertiary alicyclic amines) is 1. The second-order valence-electron chi connectivity index (χ2n) is 11.0. The first-order valence-corrected chi connectivity index (χ1v) is 16.2. The van der Waals surface area contributed by atoms with Crippen LogP contribution in [0.2, 0.25) is 18.1 Å². The molecule has 1 aliphatic heterocycles. The zero-order valence-corrected chi connectivity index (χ0v) is 24.7. The summed E-state index contributed by atoms with van der Waals surface area (Å²) in [6, 6.07) is 10.4. The van der Waals surface area contributed by atoms with Crippen molar-refractivity contribution in [2.45, 2.75) is 90.2 Å². The Balaban J connectivity index is 1.72. The summed E-state index contributed by atoms with van der Waals surface area (Å²) < 4.78 is 46.4. The maximum Gasteiger partial charge on any atom is 0.420 e. The molecule has 1 aromatic carbocycles. The lowest BCUT2D eigenvalue weighted by atomic mass is 9.89. The van der Waals surface area contributed by atoms with Gasteiger partial charge in [-0.2, -0.15) is 13.2 Å². The predicted molar refractivity (Wildman–Crippen MR) is 151 cm³/mol. The second kappa shape index (κ2) is 12.4. The second-order valence-corrected chi connectivity index (χ2v) is 16.0. The number of ether oxygens (including phenoxy) is 1. The molecule has 0 saturated carbocycles. The summed E-state index contributed by atoms with van der Waals surface area (Å²) in [4.78, 5) is 22.2. The van der Waals surface area contributed by atoms with Crippen LogP contribution < -0.4 is 5.32 Å². The summed E-state index contributed by atoms with van der Waals surface area (Å²) in [6.45, 7) is 13.0. The number of amides is 1. The predicted octanol–water partition coefficient (Wildman–Crippen LogP) is 7.75. The number of halogens is 3. The maximum absolute atomic E-state index is 13.6. The molecule has 1 aromatic heterocycles. The number of rotatable bonds is 6. The van der Waals surface area contributed by atoms with E-state index in [9.17, 15) is 18.0 Å². The Morgan fingerprint density at radius 1 is 1.08 bits per heavy atom. The number of aromatic nitrogens is 2. The van der Waals surface area contributed by atoms with Crippen molar-refractivity contribution in [3.05, 3.63) is 47.3 Å². The average molecular weight is 561 g/mol. The highest BCUT2D eigenvalue weighted by Gasteiger charge is 2.35. The molecule has 212 valence electrons. The van der Waals surface area contributed by atoms with E-state index in [4.69, 9.17) is 4.74 Å². The van der Waals surface area contributed by atoms with Gasteiger partial charge in [-0.05, 0) is 75.4 Å². The Morgan fingerprint density at radius 3 is 2.18 bits per heavy atom. The largest absolute Gasteiger partial charge is 0.444 e. The Bertz CT molecular complexity index is 1180. The fourth-order valence-corrected chi connectivity index (χ4v) is 7.06. The normalized spacial score (nSPS) is 14.9. The van der Waals surface area contributed by atoms with Crippen molar-refractivity contribution in [3.8, 4) is 11.5 Å². The maximum atomic E-state index is 13.6. The first-order valence-electron chi connectivity index (χ1n) is 13.6. The van der Waals surface area contributed by atoms with Gasteiger partial charge < -0.3 is 15.0 Å².